The highest BCUT2D eigenvalue weighted by Gasteiger charge is 2.22. The summed E-state index contributed by atoms with van der Waals surface area (Å²) in [7, 11) is 1.91. The van der Waals surface area contributed by atoms with Crippen LogP contribution in [0.4, 0.5) is 5.69 Å². The van der Waals surface area contributed by atoms with E-state index in [2.05, 4.69) is 46.0 Å². The first-order chi connectivity index (χ1) is 13.1. The van der Waals surface area contributed by atoms with Gasteiger partial charge in [-0.2, -0.15) is 0 Å². The first kappa shape index (κ1) is 19.4. The van der Waals surface area contributed by atoms with Crippen molar-refractivity contribution in [3.63, 3.8) is 0 Å². The summed E-state index contributed by atoms with van der Waals surface area (Å²) >= 11 is 0. The molecular formula is C20H29N5O2. The van der Waals surface area contributed by atoms with Gasteiger partial charge >= 0.3 is 0 Å². The third-order valence-corrected chi connectivity index (χ3v) is 5.07. The number of carbonyl (C=O) groups is 1. The van der Waals surface area contributed by atoms with Gasteiger partial charge in [-0.3, -0.25) is 9.69 Å². The third-order valence-electron chi connectivity index (χ3n) is 5.07. The van der Waals surface area contributed by atoms with E-state index in [0.29, 0.717) is 19.6 Å². The quantitative estimate of drug-likeness (QED) is 0.783. The van der Waals surface area contributed by atoms with Crippen molar-refractivity contribution in [2.45, 2.75) is 13.5 Å². The van der Waals surface area contributed by atoms with Gasteiger partial charge in [-0.15, -0.1) is 0 Å². The average molecular weight is 371 g/mol. The molecule has 0 spiro atoms. The second-order valence-corrected chi connectivity index (χ2v) is 7.10. The molecule has 1 aromatic carbocycles. The third kappa shape index (κ3) is 5.08. The minimum Gasteiger partial charge on any atom is -0.395 e. The number of aliphatic hydroxyl groups excluding tert-OH is 1. The molecular weight excluding hydrogens is 342 g/mol. The second-order valence-electron chi connectivity index (χ2n) is 7.10. The molecule has 3 rings (SSSR count). The normalized spacial score (nSPS) is 15.1. The molecule has 146 valence electrons. The zero-order valence-electron chi connectivity index (χ0n) is 16.2. The van der Waals surface area contributed by atoms with Gasteiger partial charge in [-0.25, -0.2) is 4.98 Å². The Bertz CT molecular complexity index is 752. The molecule has 1 aliphatic heterocycles. The molecule has 1 aromatic heterocycles. The van der Waals surface area contributed by atoms with Crippen molar-refractivity contribution in [2.24, 2.45) is 7.05 Å². The number of carbonyl (C=O) groups excluding carboxylic acids is 1. The molecule has 0 unspecified atom stereocenters. The maximum absolute atomic E-state index is 12.8. The van der Waals surface area contributed by atoms with Crippen LogP contribution >= 0.6 is 0 Å². The Labute approximate surface area is 160 Å². The van der Waals surface area contributed by atoms with Gasteiger partial charge < -0.3 is 19.5 Å². The Balaban J connectivity index is 1.53. The lowest BCUT2D eigenvalue weighted by Crippen LogP contribution is -2.50. The number of aliphatic hydroxyl groups is 1. The highest BCUT2D eigenvalue weighted by molar-refractivity contribution is 5.78. The number of anilines is 1. The number of hydrogen-bond acceptors (Lipinski definition) is 5. The summed E-state index contributed by atoms with van der Waals surface area (Å²) in [5.74, 6) is 0.858. The molecule has 0 atom stereocenters. The number of amides is 1. The Kier molecular flexibility index (Phi) is 6.47. The molecule has 27 heavy (non-hydrogen) atoms. The van der Waals surface area contributed by atoms with E-state index in [1.165, 1.54) is 11.3 Å². The van der Waals surface area contributed by atoms with E-state index in [9.17, 15) is 9.90 Å². The molecule has 1 amide bonds. The van der Waals surface area contributed by atoms with E-state index < -0.39 is 0 Å². The highest BCUT2D eigenvalue weighted by Crippen LogP contribution is 2.17. The van der Waals surface area contributed by atoms with Gasteiger partial charge in [0.15, 0.2) is 0 Å². The summed E-state index contributed by atoms with van der Waals surface area (Å²) in [5, 5.41) is 9.33. The summed E-state index contributed by atoms with van der Waals surface area (Å²) in [6, 6.07) is 8.54. The number of aromatic nitrogens is 2. The molecule has 2 heterocycles. The smallest absolute Gasteiger partial charge is 0.237 e. The van der Waals surface area contributed by atoms with Crippen LogP contribution in [0.25, 0.3) is 0 Å². The fraction of sp³-hybridized carbons (Fsp3) is 0.500. The van der Waals surface area contributed by atoms with Gasteiger partial charge in [-0.1, -0.05) is 12.1 Å². The van der Waals surface area contributed by atoms with E-state index in [1.54, 1.807) is 11.1 Å². The van der Waals surface area contributed by atoms with E-state index >= 15 is 0 Å². The fourth-order valence-electron chi connectivity index (χ4n) is 3.41. The van der Waals surface area contributed by atoms with Gasteiger partial charge in [0.25, 0.3) is 0 Å². The lowest BCUT2D eigenvalue weighted by molar-refractivity contribution is -0.133. The SMILES string of the molecule is Cc1cccc(N2CCN(CC(=O)N(CCO)Cc3nccn3C)CC2)c1. The van der Waals surface area contributed by atoms with Crippen molar-refractivity contribution in [3.05, 3.63) is 48.0 Å². The molecule has 1 saturated heterocycles. The lowest BCUT2D eigenvalue weighted by Gasteiger charge is -2.36. The molecule has 0 radical (unpaired) electrons. The summed E-state index contributed by atoms with van der Waals surface area (Å²) in [6.45, 7) is 6.73. The van der Waals surface area contributed by atoms with Gasteiger partial charge in [0.05, 0.1) is 19.7 Å². The molecule has 2 aromatic rings. The molecule has 0 aliphatic carbocycles. The molecule has 1 aliphatic rings. The number of aryl methyl sites for hydroxylation is 2. The van der Waals surface area contributed by atoms with Crippen LogP contribution in [0, 0.1) is 6.92 Å². The summed E-state index contributed by atoms with van der Waals surface area (Å²) in [4.78, 5) is 23.3. The molecule has 7 heteroatoms. The average Bonchev–Trinajstić information content (AvgIpc) is 3.06. The standard InChI is InChI=1S/C20H29N5O2/c1-17-4-3-5-18(14-17)24-10-8-23(9-11-24)16-20(27)25(12-13-26)15-19-21-6-7-22(19)2/h3-7,14,26H,8-13,15-16H2,1-2H3. The first-order valence-corrected chi connectivity index (χ1v) is 9.45. The monoisotopic (exact) mass is 371 g/mol. The number of piperazine rings is 1. The Morgan fingerprint density at radius 2 is 2.04 bits per heavy atom. The largest absolute Gasteiger partial charge is 0.395 e. The van der Waals surface area contributed by atoms with Crippen LogP contribution in [0.1, 0.15) is 11.4 Å². The van der Waals surface area contributed by atoms with Gasteiger partial charge in [0, 0.05) is 57.9 Å². The minimum absolute atomic E-state index is 0.0380. The molecule has 0 bridgehead atoms. The predicted octanol–water partition coefficient (Wildman–Crippen LogP) is 0.872. The first-order valence-electron chi connectivity index (χ1n) is 9.45. The maximum atomic E-state index is 12.8. The van der Waals surface area contributed by atoms with Gasteiger partial charge in [0.1, 0.15) is 5.82 Å². The summed E-state index contributed by atoms with van der Waals surface area (Å²) < 4.78 is 1.90. The van der Waals surface area contributed by atoms with Crippen molar-refractivity contribution in [1.29, 1.82) is 0 Å². The van der Waals surface area contributed by atoms with Gasteiger partial charge in [-0.05, 0) is 24.6 Å². The molecule has 1 N–H and O–H groups in total. The van der Waals surface area contributed by atoms with Crippen LogP contribution in [0.15, 0.2) is 36.7 Å². The zero-order chi connectivity index (χ0) is 19.2. The number of benzene rings is 1. The van der Waals surface area contributed by atoms with Gasteiger partial charge in [0.2, 0.25) is 5.91 Å². The van der Waals surface area contributed by atoms with Crippen LogP contribution in [0.2, 0.25) is 0 Å². The zero-order valence-corrected chi connectivity index (χ0v) is 16.2. The van der Waals surface area contributed by atoms with Crippen molar-refractivity contribution >= 4 is 11.6 Å². The Morgan fingerprint density at radius 3 is 2.67 bits per heavy atom. The number of hydrogen-bond donors (Lipinski definition) is 1. The highest BCUT2D eigenvalue weighted by atomic mass is 16.3. The van der Waals surface area contributed by atoms with Crippen LogP contribution < -0.4 is 4.90 Å². The van der Waals surface area contributed by atoms with E-state index in [1.807, 2.05) is 17.8 Å². The summed E-state index contributed by atoms with van der Waals surface area (Å²) in [5.41, 5.74) is 2.51. The fourth-order valence-corrected chi connectivity index (χ4v) is 3.41. The van der Waals surface area contributed by atoms with Crippen molar-refractivity contribution in [3.8, 4) is 0 Å². The topological polar surface area (TPSA) is 64.8 Å². The molecule has 7 nitrogen and oxygen atoms in total. The van der Waals surface area contributed by atoms with E-state index in [4.69, 9.17) is 0 Å². The number of nitrogens with zero attached hydrogens (tertiary/aromatic N) is 5. The summed E-state index contributed by atoms with van der Waals surface area (Å²) in [6.07, 6.45) is 3.59. The Hall–Kier alpha value is -2.38. The van der Waals surface area contributed by atoms with E-state index in [-0.39, 0.29) is 12.5 Å². The second kappa shape index (κ2) is 9.01. The van der Waals surface area contributed by atoms with Crippen molar-refractivity contribution in [1.82, 2.24) is 19.4 Å². The minimum atomic E-state index is -0.0443. The molecule has 1 fully saturated rings. The number of rotatable bonds is 7. The van der Waals surface area contributed by atoms with Crippen LogP contribution in [-0.2, 0) is 18.4 Å². The van der Waals surface area contributed by atoms with Crippen molar-refractivity contribution < 1.29 is 9.90 Å². The van der Waals surface area contributed by atoms with Crippen LogP contribution in [-0.4, -0.2) is 76.2 Å². The number of imidazole rings is 1. The Morgan fingerprint density at radius 1 is 1.26 bits per heavy atom. The predicted molar refractivity (Wildman–Crippen MR) is 106 cm³/mol. The maximum Gasteiger partial charge on any atom is 0.237 e. The molecule has 0 saturated carbocycles. The van der Waals surface area contributed by atoms with Crippen LogP contribution in [0.5, 0.6) is 0 Å². The van der Waals surface area contributed by atoms with Crippen molar-refractivity contribution in [2.75, 3.05) is 50.8 Å². The van der Waals surface area contributed by atoms with Crippen LogP contribution in [0.3, 0.4) is 0 Å². The lowest BCUT2D eigenvalue weighted by atomic mass is 10.2. The van der Waals surface area contributed by atoms with E-state index in [0.717, 1.165) is 32.0 Å².